The Morgan fingerprint density at radius 1 is 1.44 bits per heavy atom. The molecule has 1 aromatic heterocycles. The van der Waals surface area contributed by atoms with Crippen molar-refractivity contribution in [1.29, 1.82) is 0 Å². The lowest BCUT2D eigenvalue weighted by Gasteiger charge is -2.32. The van der Waals surface area contributed by atoms with E-state index >= 15 is 0 Å². The number of carbonyl (C=O) groups excluding carboxylic acids is 1. The smallest absolute Gasteiger partial charge is 0.233 e. The fourth-order valence-electron chi connectivity index (χ4n) is 2.91. The van der Waals surface area contributed by atoms with Crippen molar-refractivity contribution in [2.75, 3.05) is 25.4 Å². The fraction of sp³-hybridized carbons (Fsp3) is 0.444. The van der Waals surface area contributed by atoms with Gasteiger partial charge in [0.25, 0.3) is 0 Å². The van der Waals surface area contributed by atoms with Crippen LogP contribution in [0, 0.1) is 11.7 Å². The molecule has 2 heterocycles. The molecule has 1 atom stereocenters. The summed E-state index contributed by atoms with van der Waals surface area (Å²) in [6.45, 7) is 1.86. The molecule has 0 spiro atoms. The number of hydrogen-bond acceptors (Lipinski definition) is 4. The number of thioether (sulfide) groups is 1. The van der Waals surface area contributed by atoms with Crippen molar-refractivity contribution in [2.24, 2.45) is 13.0 Å². The van der Waals surface area contributed by atoms with E-state index in [2.05, 4.69) is 4.98 Å². The third-order valence-electron chi connectivity index (χ3n) is 4.28. The van der Waals surface area contributed by atoms with Gasteiger partial charge < -0.3 is 14.2 Å². The predicted molar refractivity (Wildman–Crippen MR) is 95.1 cm³/mol. The highest BCUT2D eigenvalue weighted by molar-refractivity contribution is 7.99. The Bertz CT molecular complexity index is 722. The number of carbonyl (C=O) groups is 1. The minimum Gasteiger partial charge on any atom is -0.490 e. The molecule has 1 amide bonds. The molecule has 3 rings (SSSR count). The van der Waals surface area contributed by atoms with Crippen LogP contribution in [-0.2, 0) is 11.8 Å². The first-order valence-electron chi connectivity index (χ1n) is 8.38. The molecule has 1 aromatic carbocycles. The molecule has 134 valence electrons. The SMILES string of the molecule is Cn1ccnc1SCC(=O)N1CCCC(COc2ccccc2F)C1. The van der Waals surface area contributed by atoms with Crippen molar-refractivity contribution in [1.82, 2.24) is 14.5 Å². The second-order valence-corrected chi connectivity index (χ2v) is 7.14. The van der Waals surface area contributed by atoms with Gasteiger partial charge in [-0.2, -0.15) is 0 Å². The second kappa shape index (κ2) is 8.38. The Balaban J connectivity index is 1.48. The van der Waals surface area contributed by atoms with Crippen LogP contribution in [0.4, 0.5) is 4.39 Å². The summed E-state index contributed by atoms with van der Waals surface area (Å²) >= 11 is 1.45. The maximum Gasteiger partial charge on any atom is 0.233 e. The number of imidazole rings is 1. The van der Waals surface area contributed by atoms with E-state index in [0.717, 1.165) is 24.5 Å². The van der Waals surface area contributed by atoms with Gasteiger partial charge in [0.15, 0.2) is 16.7 Å². The highest BCUT2D eigenvalue weighted by Gasteiger charge is 2.24. The lowest BCUT2D eigenvalue weighted by Crippen LogP contribution is -2.42. The Morgan fingerprint density at radius 2 is 2.28 bits per heavy atom. The van der Waals surface area contributed by atoms with Gasteiger partial charge in [-0.05, 0) is 25.0 Å². The topological polar surface area (TPSA) is 47.4 Å². The molecule has 1 saturated heterocycles. The molecule has 1 fully saturated rings. The number of hydrogen-bond donors (Lipinski definition) is 0. The summed E-state index contributed by atoms with van der Waals surface area (Å²) in [5.74, 6) is 0.652. The number of nitrogens with zero attached hydrogens (tertiary/aromatic N) is 3. The van der Waals surface area contributed by atoms with Crippen molar-refractivity contribution in [3.63, 3.8) is 0 Å². The van der Waals surface area contributed by atoms with E-state index in [-0.39, 0.29) is 23.4 Å². The summed E-state index contributed by atoms with van der Waals surface area (Å²) in [5.41, 5.74) is 0. The van der Waals surface area contributed by atoms with Crippen LogP contribution in [0.5, 0.6) is 5.75 Å². The van der Waals surface area contributed by atoms with Crippen molar-refractivity contribution in [3.05, 3.63) is 42.5 Å². The number of rotatable bonds is 6. The fourth-order valence-corrected chi connectivity index (χ4v) is 3.74. The van der Waals surface area contributed by atoms with Gasteiger partial charge in [0, 0.05) is 38.4 Å². The van der Waals surface area contributed by atoms with Crippen LogP contribution in [0.3, 0.4) is 0 Å². The van der Waals surface area contributed by atoms with Crippen LogP contribution in [-0.4, -0.2) is 45.8 Å². The van der Waals surface area contributed by atoms with Crippen LogP contribution in [0.1, 0.15) is 12.8 Å². The molecule has 0 bridgehead atoms. The Hall–Kier alpha value is -2.02. The average molecular weight is 363 g/mol. The Labute approximate surface area is 151 Å². The zero-order valence-corrected chi connectivity index (χ0v) is 15.0. The number of piperidine rings is 1. The number of halogens is 1. The van der Waals surface area contributed by atoms with E-state index in [1.54, 1.807) is 24.4 Å². The third-order valence-corrected chi connectivity index (χ3v) is 5.33. The molecule has 0 radical (unpaired) electrons. The number of aryl methyl sites for hydroxylation is 1. The van der Waals surface area contributed by atoms with Gasteiger partial charge >= 0.3 is 0 Å². The zero-order valence-electron chi connectivity index (χ0n) is 14.2. The van der Waals surface area contributed by atoms with Gasteiger partial charge in [-0.15, -0.1) is 0 Å². The maximum absolute atomic E-state index is 13.6. The molecule has 1 aliphatic heterocycles. The van der Waals surface area contributed by atoms with E-state index < -0.39 is 0 Å². The second-order valence-electron chi connectivity index (χ2n) is 6.20. The lowest BCUT2D eigenvalue weighted by atomic mass is 9.99. The van der Waals surface area contributed by atoms with Crippen molar-refractivity contribution >= 4 is 17.7 Å². The summed E-state index contributed by atoms with van der Waals surface area (Å²) in [6, 6.07) is 6.41. The van der Waals surface area contributed by atoms with E-state index in [9.17, 15) is 9.18 Å². The van der Waals surface area contributed by atoms with Gasteiger partial charge in [-0.3, -0.25) is 4.79 Å². The minimum absolute atomic E-state index is 0.114. The Morgan fingerprint density at radius 3 is 3.04 bits per heavy atom. The van der Waals surface area contributed by atoms with E-state index in [1.165, 1.54) is 17.8 Å². The molecular formula is C18H22FN3O2S. The summed E-state index contributed by atoms with van der Waals surface area (Å²) in [7, 11) is 1.91. The van der Waals surface area contributed by atoms with Crippen molar-refractivity contribution in [2.45, 2.75) is 18.0 Å². The van der Waals surface area contributed by atoms with Gasteiger partial charge in [0.2, 0.25) is 5.91 Å². The third kappa shape index (κ3) is 4.75. The van der Waals surface area contributed by atoms with Crippen molar-refractivity contribution < 1.29 is 13.9 Å². The highest BCUT2D eigenvalue weighted by atomic mass is 32.2. The quantitative estimate of drug-likeness (QED) is 0.741. The molecule has 1 aliphatic rings. The molecule has 25 heavy (non-hydrogen) atoms. The van der Waals surface area contributed by atoms with Gasteiger partial charge in [0.05, 0.1) is 12.4 Å². The monoisotopic (exact) mass is 363 g/mol. The van der Waals surface area contributed by atoms with Crippen LogP contribution in [0.2, 0.25) is 0 Å². The molecule has 0 aliphatic carbocycles. The number of aromatic nitrogens is 2. The Kier molecular flexibility index (Phi) is 5.96. The number of para-hydroxylation sites is 1. The summed E-state index contributed by atoms with van der Waals surface area (Å²) < 4.78 is 21.1. The van der Waals surface area contributed by atoms with Gasteiger partial charge in [-0.25, -0.2) is 9.37 Å². The van der Waals surface area contributed by atoms with Gasteiger partial charge in [-0.1, -0.05) is 23.9 Å². The summed E-state index contributed by atoms with van der Waals surface area (Å²) in [6.07, 6.45) is 5.53. The van der Waals surface area contributed by atoms with E-state index in [4.69, 9.17) is 4.74 Å². The molecule has 7 heteroatoms. The molecule has 0 N–H and O–H groups in total. The molecular weight excluding hydrogens is 341 g/mol. The molecule has 2 aromatic rings. The molecule has 1 unspecified atom stereocenters. The molecule has 0 saturated carbocycles. The maximum atomic E-state index is 13.6. The van der Waals surface area contributed by atoms with E-state index in [0.29, 0.717) is 18.9 Å². The lowest BCUT2D eigenvalue weighted by molar-refractivity contribution is -0.130. The van der Waals surface area contributed by atoms with Crippen LogP contribution in [0.15, 0.2) is 41.8 Å². The zero-order chi connectivity index (χ0) is 17.6. The van der Waals surface area contributed by atoms with Crippen LogP contribution >= 0.6 is 11.8 Å². The predicted octanol–water partition coefficient (Wildman–Crippen LogP) is 2.97. The number of ether oxygens (including phenoxy) is 1. The van der Waals surface area contributed by atoms with Gasteiger partial charge in [0.1, 0.15) is 0 Å². The highest BCUT2D eigenvalue weighted by Crippen LogP contribution is 2.22. The van der Waals surface area contributed by atoms with E-state index in [1.807, 2.05) is 22.7 Å². The van der Waals surface area contributed by atoms with Crippen LogP contribution in [0.25, 0.3) is 0 Å². The summed E-state index contributed by atoms with van der Waals surface area (Å²) in [4.78, 5) is 18.5. The number of likely N-dealkylation sites (tertiary alicyclic amines) is 1. The standard InChI is InChI=1S/C18H22FN3O2S/c1-21-10-8-20-18(21)25-13-17(23)22-9-4-5-14(11-22)12-24-16-7-3-2-6-15(16)19/h2-3,6-8,10,14H,4-5,9,11-13H2,1H3. The normalized spacial score (nSPS) is 17.5. The largest absolute Gasteiger partial charge is 0.490 e. The van der Waals surface area contributed by atoms with Crippen molar-refractivity contribution in [3.8, 4) is 5.75 Å². The first kappa shape index (κ1) is 17.8. The first-order chi connectivity index (χ1) is 12.1. The number of benzene rings is 1. The average Bonchev–Trinajstić information content (AvgIpc) is 3.04. The molecule has 5 nitrogen and oxygen atoms in total. The first-order valence-corrected chi connectivity index (χ1v) is 9.37. The minimum atomic E-state index is -0.349. The summed E-state index contributed by atoms with van der Waals surface area (Å²) in [5, 5.41) is 0.838. The number of amides is 1. The van der Waals surface area contributed by atoms with Crippen LogP contribution < -0.4 is 4.74 Å².